The first-order valence-electron chi connectivity index (χ1n) is 6.11. The molecular weight excluding hydrogens is 278 g/mol. The Morgan fingerprint density at radius 1 is 1.10 bits per heavy atom. The zero-order chi connectivity index (χ0) is 15.2. The van der Waals surface area contributed by atoms with Crippen LogP contribution in [0.25, 0.3) is 6.08 Å². The van der Waals surface area contributed by atoms with Gasteiger partial charge < -0.3 is 9.84 Å². The van der Waals surface area contributed by atoms with Crippen molar-refractivity contribution in [1.82, 2.24) is 0 Å². The standard InChI is InChI=1S/C16H12F2O3/c17-16(18)21-13-8-5-12(6-9-13)15(20)10-7-11-3-1-2-4-14(11)19/h1-10,16,19H/b10-7+. The van der Waals surface area contributed by atoms with E-state index in [-0.39, 0.29) is 17.3 Å². The lowest BCUT2D eigenvalue weighted by atomic mass is 10.1. The molecule has 3 nitrogen and oxygen atoms in total. The Labute approximate surface area is 120 Å². The number of para-hydroxylation sites is 1. The lowest BCUT2D eigenvalue weighted by Gasteiger charge is -2.04. The Kier molecular flexibility index (Phi) is 4.66. The predicted molar refractivity (Wildman–Crippen MR) is 74.5 cm³/mol. The summed E-state index contributed by atoms with van der Waals surface area (Å²) in [5.41, 5.74) is 0.854. The van der Waals surface area contributed by atoms with E-state index in [9.17, 15) is 18.7 Å². The third kappa shape index (κ3) is 4.14. The molecule has 0 unspecified atom stereocenters. The molecule has 0 spiro atoms. The largest absolute Gasteiger partial charge is 0.507 e. The third-order valence-electron chi connectivity index (χ3n) is 2.72. The number of allylic oxidation sites excluding steroid dienone is 1. The molecule has 2 aromatic rings. The summed E-state index contributed by atoms with van der Waals surface area (Å²) >= 11 is 0. The molecule has 0 bridgehead atoms. The monoisotopic (exact) mass is 290 g/mol. The Hall–Kier alpha value is -2.69. The van der Waals surface area contributed by atoms with E-state index in [1.165, 1.54) is 42.5 Å². The van der Waals surface area contributed by atoms with Crippen molar-refractivity contribution in [3.05, 3.63) is 65.7 Å². The quantitative estimate of drug-likeness (QED) is 0.671. The van der Waals surface area contributed by atoms with Crippen LogP contribution in [0.1, 0.15) is 15.9 Å². The predicted octanol–water partition coefficient (Wildman–Crippen LogP) is 3.89. The number of phenolic OH excluding ortho intramolecular Hbond substituents is 1. The zero-order valence-electron chi connectivity index (χ0n) is 10.9. The van der Waals surface area contributed by atoms with E-state index < -0.39 is 6.61 Å². The maximum absolute atomic E-state index is 12.0. The molecule has 1 N–H and O–H groups in total. The molecule has 0 saturated carbocycles. The van der Waals surface area contributed by atoms with E-state index in [1.807, 2.05) is 0 Å². The van der Waals surface area contributed by atoms with Crippen molar-refractivity contribution in [2.45, 2.75) is 6.61 Å². The Morgan fingerprint density at radius 3 is 2.38 bits per heavy atom. The molecule has 2 aromatic carbocycles. The minimum absolute atomic E-state index is 0.00812. The highest BCUT2D eigenvalue weighted by molar-refractivity contribution is 6.07. The summed E-state index contributed by atoms with van der Waals surface area (Å²) in [6.45, 7) is -2.90. The van der Waals surface area contributed by atoms with Gasteiger partial charge in [0.1, 0.15) is 11.5 Å². The number of ether oxygens (including phenoxy) is 1. The van der Waals surface area contributed by atoms with Crippen LogP contribution in [0.5, 0.6) is 11.5 Å². The van der Waals surface area contributed by atoms with Crippen LogP contribution in [0.3, 0.4) is 0 Å². The molecule has 0 saturated heterocycles. The first kappa shape index (κ1) is 14.7. The number of carbonyl (C=O) groups excluding carboxylic acids is 1. The highest BCUT2D eigenvalue weighted by Crippen LogP contribution is 2.18. The number of aromatic hydroxyl groups is 1. The van der Waals surface area contributed by atoms with Crippen molar-refractivity contribution < 1.29 is 23.4 Å². The van der Waals surface area contributed by atoms with Gasteiger partial charge in [0.2, 0.25) is 0 Å². The summed E-state index contributed by atoms with van der Waals surface area (Å²) in [6.07, 6.45) is 2.79. The van der Waals surface area contributed by atoms with Gasteiger partial charge in [0.25, 0.3) is 0 Å². The van der Waals surface area contributed by atoms with Gasteiger partial charge in [0.05, 0.1) is 0 Å². The molecule has 2 rings (SSSR count). The second-order valence-corrected chi connectivity index (χ2v) is 4.16. The number of hydrogen-bond donors (Lipinski definition) is 1. The van der Waals surface area contributed by atoms with Crippen LogP contribution in [-0.4, -0.2) is 17.5 Å². The summed E-state index contributed by atoms with van der Waals surface area (Å²) in [7, 11) is 0. The molecule has 0 aliphatic carbocycles. The molecule has 0 amide bonds. The highest BCUT2D eigenvalue weighted by atomic mass is 19.3. The first-order chi connectivity index (χ1) is 10.1. The van der Waals surface area contributed by atoms with Crippen LogP contribution in [0.2, 0.25) is 0 Å². The second kappa shape index (κ2) is 6.65. The van der Waals surface area contributed by atoms with Crippen LogP contribution in [0.4, 0.5) is 8.78 Å². The fraction of sp³-hybridized carbons (Fsp3) is 0.0625. The summed E-state index contributed by atoms with van der Waals surface area (Å²) in [6, 6.07) is 12.0. The van der Waals surface area contributed by atoms with E-state index >= 15 is 0 Å². The summed E-state index contributed by atoms with van der Waals surface area (Å²) < 4.78 is 28.2. The van der Waals surface area contributed by atoms with Gasteiger partial charge in [-0.15, -0.1) is 0 Å². The van der Waals surface area contributed by atoms with Crippen molar-refractivity contribution in [3.63, 3.8) is 0 Å². The molecule has 108 valence electrons. The molecule has 0 heterocycles. The number of rotatable bonds is 5. The van der Waals surface area contributed by atoms with Gasteiger partial charge in [-0.2, -0.15) is 8.78 Å². The number of hydrogen-bond acceptors (Lipinski definition) is 3. The number of phenols is 1. The SMILES string of the molecule is O=C(/C=C/c1ccccc1O)c1ccc(OC(F)F)cc1. The van der Waals surface area contributed by atoms with Gasteiger partial charge in [-0.05, 0) is 42.5 Å². The van der Waals surface area contributed by atoms with Gasteiger partial charge in [0.15, 0.2) is 5.78 Å². The molecule has 0 aromatic heterocycles. The van der Waals surface area contributed by atoms with Crippen molar-refractivity contribution in [1.29, 1.82) is 0 Å². The number of alkyl halides is 2. The average Bonchev–Trinajstić information content (AvgIpc) is 2.46. The van der Waals surface area contributed by atoms with E-state index in [4.69, 9.17) is 0 Å². The van der Waals surface area contributed by atoms with E-state index in [0.29, 0.717) is 11.1 Å². The number of halogens is 2. The molecule has 21 heavy (non-hydrogen) atoms. The second-order valence-electron chi connectivity index (χ2n) is 4.16. The topological polar surface area (TPSA) is 46.5 Å². The average molecular weight is 290 g/mol. The number of ketones is 1. The lowest BCUT2D eigenvalue weighted by Crippen LogP contribution is -2.02. The Bertz CT molecular complexity index is 649. The Balaban J connectivity index is 2.08. The summed E-state index contributed by atoms with van der Waals surface area (Å²) in [5.74, 6) is -0.240. The van der Waals surface area contributed by atoms with Crippen molar-refractivity contribution >= 4 is 11.9 Å². The maximum atomic E-state index is 12.0. The van der Waals surface area contributed by atoms with Crippen molar-refractivity contribution in [3.8, 4) is 11.5 Å². The molecule has 5 heteroatoms. The summed E-state index contributed by atoms with van der Waals surface area (Å²) in [4.78, 5) is 11.9. The molecule has 0 atom stereocenters. The van der Waals surface area contributed by atoms with E-state index in [1.54, 1.807) is 18.2 Å². The van der Waals surface area contributed by atoms with E-state index in [0.717, 1.165) is 0 Å². The van der Waals surface area contributed by atoms with Gasteiger partial charge >= 0.3 is 6.61 Å². The zero-order valence-corrected chi connectivity index (χ0v) is 10.9. The fourth-order valence-corrected chi connectivity index (χ4v) is 1.69. The van der Waals surface area contributed by atoms with E-state index in [2.05, 4.69) is 4.74 Å². The molecule has 0 fully saturated rings. The van der Waals surface area contributed by atoms with Crippen molar-refractivity contribution in [2.75, 3.05) is 0 Å². The fourth-order valence-electron chi connectivity index (χ4n) is 1.69. The normalized spacial score (nSPS) is 11.0. The Morgan fingerprint density at radius 2 is 1.76 bits per heavy atom. The van der Waals surface area contributed by atoms with Crippen LogP contribution in [0.15, 0.2) is 54.6 Å². The van der Waals surface area contributed by atoms with Crippen LogP contribution >= 0.6 is 0 Å². The highest BCUT2D eigenvalue weighted by Gasteiger charge is 2.06. The van der Waals surface area contributed by atoms with Gasteiger partial charge in [0, 0.05) is 11.1 Å². The number of benzene rings is 2. The van der Waals surface area contributed by atoms with Crippen LogP contribution in [0, 0.1) is 0 Å². The molecule has 0 radical (unpaired) electrons. The smallest absolute Gasteiger partial charge is 0.387 e. The van der Waals surface area contributed by atoms with Gasteiger partial charge in [-0.1, -0.05) is 18.2 Å². The van der Waals surface area contributed by atoms with Crippen LogP contribution < -0.4 is 4.74 Å². The molecule has 0 aliphatic rings. The molecular formula is C16H12F2O3. The third-order valence-corrected chi connectivity index (χ3v) is 2.72. The molecule has 0 aliphatic heterocycles. The van der Waals surface area contributed by atoms with Crippen LogP contribution in [-0.2, 0) is 0 Å². The minimum atomic E-state index is -2.90. The number of carbonyl (C=O) groups is 1. The van der Waals surface area contributed by atoms with Gasteiger partial charge in [-0.25, -0.2) is 0 Å². The summed E-state index contributed by atoms with van der Waals surface area (Å²) in [5, 5.41) is 9.56. The lowest BCUT2D eigenvalue weighted by molar-refractivity contribution is -0.0498. The minimum Gasteiger partial charge on any atom is -0.507 e. The maximum Gasteiger partial charge on any atom is 0.387 e. The van der Waals surface area contributed by atoms with Gasteiger partial charge in [-0.3, -0.25) is 4.79 Å². The first-order valence-corrected chi connectivity index (χ1v) is 6.11. The van der Waals surface area contributed by atoms with Crippen molar-refractivity contribution in [2.24, 2.45) is 0 Å².